The summed E-state index contributed by atoms with van der Waals surface area (Å²) in [5, 5.41) is 5.44. The lowest BCUT2D eigenvalue weighted by Gasteiger charge is -2.34. The fourth-order valence-electron chi connectivity index (χ4n) is 3.38. The van der Waals surface area contributed by atoms with Gasteiger partial charge in [-0.3, -0.25) is 19.5 Å². The van der Waals surface area contributed by atoms with Gasteiger partial charge in [-0.1, -0.05) is 18.2 Å². The first-order chi connectivity index (χ1) is 14.7. The second-order valence-corrected chi connectivity index (χ2v) is 7.01. The Balaban J connectivity index is 1.48. The number of pyridine rings is 1. The molecule has 160 valence electrons. The van der Waals surface area contributed by atoms with E-state index in [4.69, 9.17) is 9.47 Å². The lowest BCUT2D eigenvalue weighted by Crippen LogP contribution is -2.47. The lowest BCUT2D eigenvalue weighted by atomic mass is 10.1. The van der Waals surface area contributed by atoms with Crippen molar-refractivity contribution in [2.75, 3.05) is 46.5 Å². The molecule has 1 aromatic heterocycles. The van der Waals surface area contributed by atoms with Crippen LogP contribution in [0.15, 0.2) is 48.8 Å². The number of carbonyl (C=O) groups excluding carboxylic acids is 2. The molecule has 1 aliphatic heterocycles. The van der Waals surface area contributed by atoms with Crippen LogP contribution in [0.5, 0.6) is 5.75 Å². The number of amides is 2. The van der Waals surface area contributed by atoms with Gasteiger partial charge in [0.15, 0.2) is 0 Å². The molecular formula is C22H28N4O4. The van der Waals surface area contributed by atoms with Crippen LogP contribution in [0.1, 0.15) is 17.2 Å². The number of nitrogens with one attached hydrogen (secondary N) is 2. The molecule has 1 fully saturated rings. The molecule has 0 spiro atoms. The van der Waals surface area contributed by atoms with Crippen LogP contribution in [0.3, 0.4) is 0 Å². The summed E-state index contributed by atoms with van der Waals surface area (Å²) in [6, 6.07) is 11.4. The average molecular weight is 412 g/mol. The molecule has 0 bridgehead atoms. The summed E-state index contributed by atoms with van der Waals surface area (Å²) in [5.41, 5.74) is 2.06. The highest BCUT2D eigenvalue weighted by Crippen LogP contribution is 2.20. The summed E-state index contributed by atoms with van der Waals surface area (Å²) in [6.45, 7) is 3.55. The van der Waals surface area contributed by atoms with Crippen LogP contribution in [-0.4, -0.2) is 68.2 Å². The number of nitrogens with zero attached hydrogens (tertiary/aromatic N) is 2. The molecule has 0 radical (unpaired) electrons. The molecule has 3 rings (SSSR count). The van der Waals surface area contributed by atoms with Crippen LogP contribution >= 0.6 is 0 Å². The minimum absolute atomic E-state index is 0.0568. The maximum absolute atomic E-state index is 12.3. The third-order valence-corrected chi connectivity index (χ3v) is 5.08. The van der Waals surface area contributed by atoms with E-state index in [1.165, 1.54) is 0 Å². The van der Waals surface area contributed by atoms with Crippen LogP contribution in [0, 0.1) is 0 Å². The van der Waals surface area contributed by atoms with Crippen LogP contribution in [-0.2, 0) is 20.7 Å². The Labute approximate surface area is 176 Å². The number of aromatic nitrogens is 1. The Bertz CT molecular complexity index is 808. The summed E-state index contributed by atoms with van der Waals surface area (Å²) in [6.07, 6.45) is 4.14. The number of hydrogen-bond acceptors (Lipinski definition) is 6. The molecule has 8 nitrogen and oxygen atoms in total. The van der Waals surface area contributed by atoms with Gasteiger partial charge in [0, 0.05) is 38.6 Å². The zero-order valence-electron chi connectivity index (χ0n) is 17.2. The number of carbonyl (C=O) groups is 2. The van der Waals surface area contributed by atoms with Crippen molar-refractivity contribution in [2.24, 2.45) is 0 Å². The second kappa shape index (κ2) is 11.3. The van der Waals surface area contributed by atoms with Gasteiger partial charge in [0.2, 0.25) is 0 Å². The number of benzene rings is 1. The fraction of sp³-hybridized carbons (Fsp3) is 0.409. The smallest absolute Gasteiger partial charge is 0.309 e. The van der Waals surface area contributed by atoms with Gasteiger partial charge in [-0.25, -0.2) is 0 Å². The standard InChI is InChI=1S/C22H28N4O4/c1-29-19-6-4-17(5-7-19)8-10-24-21(27)22(28)25-16-20(18-3-2-9-23-15-18)26-11-13-30-14-12-26/h2-7,9,15,20H,8,10-14,16H2,1H3,(H,24,27)(H,25,28). The zero-order valence-corrected chi connectivity index (χ0v) is 17.2. The highest BCUT2D eigenvalue weighted by molar-refractivity contribution is 6.35. The van der Waals surface area contributed by atoms with E-state index in [1.807, 2.05) is 36.4 Å². The minimum atomic E-state index is -0.633. The monoisotopic (exact) mass is 412 g/mol. The van der Waals surface area contributed by atoms with Gasteiger partial charge >= 0.3 is 11.8 Å². The van der Waals surface area contributed by atoms with Crippen molar-refractivity contribution in [3.8, 4) is 5.75 Å². The van der Waals surface area contributed by atoms with E-state index in [0.717, 1.165) is 30.0 Å². The first kappa shape index (κ1) is 21.7. The van der Waals surface area contributed by atoms with E-state index in [2.05, 4.69) is 20.5 Å². The molecule has 8 heteroatoms. The molecule has 2 amide bonds. The van der Waals surface area contributed by atoms with Gasteiger partial charge in [-0.15, -0.1) is 0 Å². The topological polar surface area (TPSA) is 92.8 Å². The third kappa shape index (κ3) is 6.27. The van der Waals surface area contributed by atoms with Gasteiger partial charge < -0.3 is 20.1 Å². The molecule has 1 atom stereocenters. The molecule has 2 aromatic rings. The van der Waals surface area contributed by atoms with E-state index in [-0.39, 0.29) is 6.04 Å². The van der Waals surface area contributed by atoms with E-state index >= 15 is 0 Å². The molecule has 0 aliphatic carbocycles. The Morgan fingerprint density at radius 3 is 2.53 bits per heavy atom. The maximum atomic E-state index is 12.3. The molecule has 2 N–H and O–H groups in total. The Morgan fingerprint density at radius 2 is 1.87 bits per heavy atom. The van der Waals surface area contributed by atoms with E-state index in [9.17, 15) is 9.59 Å². The van der Waals surface area contributed by atoms with E-state index in [1.54, 1.807) is 19.5 Å². The summed E-state index contributed by atoms with van der Waals surface area (Å²) < 4.78 is 10.6. The number of ether oxygens (including phenoxy) is 2. The second-order valence-electron chi connectivity index (χ2n) is 7.01. The first-order valence-corrected chi connectivity index (χ1v) is 10.1. The van der Waals surface area contributed by atoms with Crippen LogP contribution < -0.4 is 15.4 Å². The highest BCUT2D eigenvalue weighted by atomic mass is 16.5. The third-order valence-electron chi connectivity index (χ3n) is 5.08. The van der Waals surface area contributed by atoms with Crippen molar-refractivity contribution < 1.29 is 19.1 Å². The lowest BCUT2D eigenvalue weighted by molar-refractivity contribution is -0.139. The average Bonchev–Trinajstić information content (AvgIpc) is 2.81. The Kier molecular flexibility index (Phi) is 8.17. The van der Waals surface area contributed by atoms with Crippen molar-refractivity contribution in [1.82, 2.24) is 20.5 Å². The molecule has 2 heterocycles. The molecule has 0 saturated carbocycles. The van der Waals surface area contributed by atoms with Gasteiger partial charge in [0.1, 0.15) is 5.75 Å². The Morgan fingerprint density at radius 1 is 1.13 bits per heavy atom. The van der Waals surface area contributed by atoms with E-state index in [0.29, 0.717) is 32.7 Å². The number of methoxy groups -OCH3 is 1. The minimum Gasteiger partial charge on any atom is -0.497 e. The molecule has 1 unspecified atom stereocenters. The van der Waals surface area contributed by atoms with E-state index < -0.39 is 11.8 Å². The van der Waals surface area contributed by atoms with Crippen LogP contribution in [0.4, 0.5) is 0 Å². The predicted molar refractivity (Wildman–Crippen MR) is 112 cm³/mol. The van der Waals surface area contributed by atoms with Crippen LogP contribution in [0.2, 0.25) is 0 Å². The number of morpholine rings is 1. The van der Waals surface area contributed by atoms with Gasteiger partial charge in [0.25, 0.3) is 0 Å². The van der Waals surface area contributed by atoms with Gasteiger partial charge in [-0.2, -0.15) is 0 Å². The quantitative estimate of drug-likeness (QED) is 0.627. The molecule has 1 saturated heterocycles. The summed E-state index contributed by atoms with van der Waals surface area (Å²) in [7, 11) is 1.62. The van der Waals surface area contributed by atoms with Crippen molar-refractivity contribution in [3.63, 3.8) is 0 Å². The van der Waals surface area contributed by atoms with Crippen molar-refractivity contribution in [1.29, 1.82) is 0 Å². The maximum Gasteiger partial charge on any atom is 0.309 e. The predicted octanol–water partition coefficient (Wildman–Crippen LogP) is 0.939. The SMILES string of the molecule is COc1ccc(CCNC(=O)C(=O)NCC(c2cccnc2)N2CCOCC2)cc1. The molecule has 30 heavy (non-hydrogen) atoms. The van der Waals surface area contributed by atoms with Gasteiger partial charge in [-0.05, 0) is 35.7 Å². The summed E-state index contributed by atoms with van der Waals surface area (Å²) >= 11 is 0. The molecule has 1 aliphatic rings. The highest BCUT2D eigenvalue weighted by Gasteiger charge is 2.24. The van der Waals surface area contributed by atoms with Crippen molar-refractivity contribution in [3.05, 3.63) is 59.9 Å². The normalized spacial score (nSPS) is 15.2. The van der Waals surface area contributed by atoms with Gasteiger partial charge in [0.05, 0.1) is 26.4 Å². The van der Waals surface area contributed by atoms with Crippen molar-refractivity contribution in [2.45, 2.75) is 12.5 Å². The number of hydrogen-bond donors (Lipinski definition) is 2. The zero-order chi connectivity index (χ0) is 21.2. The molecule has 1 aromatic carbocycles. The van der Waals surface area contributed by atoms with Crippen LogP contribution in [0.25, 0.3) is 0 Å². The number of rotatable bonds is 8. The molecular weight excluding hydrogens is 384 g/mol. The fourth-order valence-corrected chi connectivity index (χ4v) is 3.38. The summed E-state index contributed by atoms with van der Waals surface area (Å²) in [4.78, 5) is 30.9. The Hall–Kier alpha value is -2.97. The summed E-state index contributed by atoms with van der Waals surface area (Å²) in [5.74, 6) is -0.479. The first-order valence-electron chi connectivity index (χ1n) is 10.1. The largest absolute Gasteiger partial charge is 0.497 e. The van der Waals surface area contributed by atoms with Crippen molar-refractivity contribution >= 4 is 11.8 Å².